The highest BCUT2D eigenvalue weighted by atomic mass is 16.2. The summed E-state index contributed by atoms with van der Waals surface area (Å²) in [6.45, 7) is 6.41. The van der Waals surface area contributed by atoms with Crippen molar-refractivity contribution in [1.82, 2.24) is 20.9 Å². The van der Waals surface area contributed by atoms with Gasteiger partial charge in [-0.1, -0.05) is 44.2 Å². The first-order valence-corrected chi connectivity index (χ1v) is 9.52. The van der Waals surface area contributed by atoms with Crippen LogP contribution in [0.3, 0.4) is 0 Å². The molecule has 0 spiro atoms. The van der Waals surface area contributed by atoms with Crippen LogP contribution in [0.25, 0.3) is 0 Å². The summed E-state index contributed by atoms with van der Waals surface area (Å²) in [5.74, 6) is 0.530. The van der Waals surface area contributed by atoms with E-state index >= 15 is 0 Å². The minimum absolute atomic E-state index is 0.0181. The number of rotatable bonds is 7. The number of carbonyl (C=O) groups is 2. The molecule has 0 bridgehead atoms. The van der Waals surface area contributed by atoms with Gasteiger partial charge < -0.3 is 16.0 Å². The first-order chi connectivity index (χ1) is 12.5. The fourth-order valence-electron chi connectivity index (χ4n) is 3.34. The van der Waals surface area contributed by atoms with Crippen LogP contribution in [0.2, 0.25) is 0 Å². The number of likely N-dealkylation sites (tertiary alicyclic amines) is 1. The Labute approximate surface area is 156 Å². The molecule has 6 heteroatoms. The Hall–Kier alpha value is -2.08. The number of likely N-dealkylation sites (N-methyl/N-ethyl adjacent to an activating group) is 1. The Kier molecular flexibility index (Phi) is 7.91. The highest BCUT2D eigenvalue weighted by Gasteiger charge is 2.23. The van der Waals surface area contributed by atoms with Crippen molar-refractivity contribution >= 4 is 11.9 Å². The second-order valence-corrected chi connectivity index (χ2v) is 7.43. The molecule has 144 valence electrons. The van der Waals surface area contributed by atoms with Crippen molar-refractivity contribution in [3.63, 3.8) is 0 Å². The lowest BCUT2D eigenvalue weighted by Crippen LogP contribution is -2.49. The number of hydrogen-bond donors (Lipinski definition) is 3. The van der Waals surface area contributed by atoms with Crippen LogP contribution in [-0.4, -0.2) is 49.6 Å². The summed E-state index contributed by atoms with van der Waals surface area (Å²) in [5, 5.41) is 8.89. The summed E-state index contributed by atoms with van der Waals surface area (Å²) in [4.78, 5) is 26.1. The van der Waals surface area contributed by atoms with Crippen LogP contribution in [0.15, 0.2) is 30.3 Å². The number of urea groups is 1. The van der Waals surface area contributed by atoms with Crippen LogP contribution in [0.4, 0.5) is 4.79 Å². The van der Waals surface area contributed by atoms with Crippen LogP contribution >= 0.6 is 0 Å². The number of benzene rings is 1. The maximum Gasteiger partial charge on any atom is 0.315 e. The van der Waals surface area contributed by atoms with E-state index < -0.39 is 0 Å². The van der Waals surface area contributed by atoms with Gasteiger partial charge in [0.25, 0.3) is 0 Å². The number of piperidine rings is 1. The van der Waals surface area contributed by atoms with E-state index in [4.69, 9.17) is 0 Å². The lowest BCUT2D eigenvalue weighted by Gasteiger charge is -2.32. The van der Waals surface area contributed by atoms with Crippen molar-refractivity contribution < 1.29 is 9.59 Å². The SMILES string of the molecule is CNC(=O)CN1CCC(NC(=O)NC(CC(C)C)c2ccccc2)CC1. The van der Waals surface area contributed by atoms with Crippen LogP contribution in [0.5, 0.6) is 0 Å². The van der Waals surface area contributed by atoms with E-state index in [1.807, 2.05) is 18.2 Å². The quantitative estimate of drug-likeness (QED) is 0.698. The van der Waals surface area contributed by atoms with Gasteiger partial charge in [-0.2, -0.15) is 0 Å². The van der Waals surface area contributed by atoms with Gasteiger partial charge in [0.05, 0.1) is 12.6 Å². The molecule has 2 rings (SSSR count). The molecule has 6 nitrogen and oxygen atoms in total. The second-order valence-electron chi connectivity index (χ2n) is 7.43. The molecule has 0 saturated carbocycles. The zero-order chi connectivity index (χ0) is 18.9. The van der Waals surface area contributed by atoms with E-state index in [1.54, 1.807) is 7.05 Å². The molecule has 1 aromatic rings. The van der Waals surface area contributed by atoms with Gasteiger partial charge in [0.15, 0.2) is 0 Å². The van der Waals surface area contributed by atoms with Gasteiger partial charge in [0.2, 0.25) is 5.91 Å². The van der Waals surface area contributed by atoms with Gasteiger partial charge in [0.1, 0.15) is 0 Å². The van der Waals surface area contributed by atoms with Crippen LogP contribution < -0.4 is 16.0 Å². The van der Waals surface area contributed by atoms with E-state index in [0.717, 1.165) is 37.9 Å². The van der Waals surface area contributed by atoms with Crippen molar-refractivity contribution in [2.75, 3.05) is 26.7 Å². The fourth-order valence-corrected chi connectivity index (χ4v) is 3.34. The average molecular weight is 361 g/mol. The van der Waals surface area contributed by atoms with Gasteiger partial charge in [-0.15, -0.1) is 0 Å². The average Bonchev–Trinajstić information content (AvgIpc) is 2.63. The van der Waals surface area contributed by atoms with Gasteiger partial charge in [-0.3, -0.25) is 9.69 Å². The summed E-state index contributed by atoms with van der Waals surface area (Å²) < 4.78 is 0. The zero-order valence-electron chi connectivity index (χ0n) is 16.1. The molecule has 1 unspecified atom stereocenters. The van der Waals surface area contributed by atoms with Crippen LogP contribution in [0.1, 0.15) is 44.7 Å². The molecule has 1 aliphatic rings. The molecule has 0 radical (unpaired) electrons. The van der Waals surface area contributed by atoms with Gasteiger partial charge >= 0.3 is 6.03 Å². The third-order valence-electron chi connectivity index (χ3n) is 4.78. The van der Waals surface area contributed by atoms with Crippen LogP contribution in [0, 0.1) is 5.92 Å². The molecule has 0 aromatic heterocycles. The maximum absolute atomic E-state index is 12.5. The molecule has 26 heavy (non-hydrogen) atoms. The minimum atomic E-state index is -0.107. The van der Waals surface area contributed by atoms with E-state index in [1.165, 1.54) is 0 Å². The minimum Gasteiger partial charge on any atom is -0.358 e. The Bertz CT molecular complexity index is 568. The van der Waals surface area contributed by atoms with Gasteiger partial charge in [-0.05, 0) is 30.7 Å². The molecule has 3 N–H and O–H groups in total. The molecule has 1 atom stereocenters. The number of nitrogens with one attached hydrogen (secondary N) is 3. The molecule has 1 heterocycles. The smallest absolute Gasteiger partial charge is 0.315 e. The molecular weight excluding hydrogens is 328 g/mol. The number of carbonyl (C=O) groups excluding carboxylic acids is 2. The van der Waals surface area contributed by atoms with Crippen molar-refractivity contribution in [1.29, 1.82) is 0 Å². The molecule has 1 fully saturated rings. The normalized spacial score (nSPS) is 16.9. The largest absolute Gasteiger partial charge is 0.358 e. The fraction of sp³-hybridized carbons (Fsp3) is 0.600. The Balaban J connectivity index is 1.82. The monoisotopic (exact) mass is 360 g/mol. The Morgan fingerprint density at radius 2 is 1.81 bits per heavy atom. The van der Waals surface area contributed by atoms with Crippen LogP contribution in [-0.2, 0) is 4.79 Å². The third-order valence-corrected chi connectivity index (χ3v) is 4.78. The van der Waals surface area contributed by atoms with Gasteiger partial charge in [0, 0.05) is 26.2 Å². The molecular formula is C20H32N4O2. The zero-order valence-corrected chi connectivity index (χ0v) is 16.1. The Morgan fingerprint density at radius 3 is 2.38 bits per heavy atom. The van der Waals surface area contributed by atoms with Crippen molar-refractivity contribution in [3.8, 4) is 0 Å². The Morgan fingerprint density at radius 1 is 1.15 bits per heavy atom. The van der Waals surface area contributed by atoms with E-state index in [0.29, 0.717) is 12.5 Å². The van der Waals surface area contributed by atoms with Crippen molar-refractivity contribution in [2.24, 2.45) is 5.92 Å². The molecule has 1 saturated heterocycles. The van der Waals surface area contributed by atoms with E-state index in [-0.39, 0.29) is 24.0 Å². The highest BCUT2D eigenvalue weighted by Crippen LogP contribution is 2.21. The molecule has 3 amide bonds. The van der Waals surface area contributed by atoms with Crippen molar-refractivity contribution in [3.05, 3.63) is 35.9 Å². The van der Waals surface area contributed by atoms with E-state index in [9.17, 15) is 9.59 Å². The second kappa shape index (κ2) is 10.2. The summed E-state index contributed by atoms with van der Waals surface area (Å²) in [6.07, 6.45) is 2.64. The number of nitrogens with zero attached hydrogens (tertiary/aromatic N) is 1. The predicted octanol–water partition coefficient (Wildman–Crippen LogP) is 2.28. The topological polar surface area (TPSA) is 73.5 Å². The molecule has 0 aliphatic carbocycles. The summed E-state index contributed by atoms with van der Waals surface area (Å²) in [5.41, 5.74) is 1.14. The maximum atomic E-state index is 12.5. The first kappa shape index (κ1) is 20.2. The van der Waals surface area contributed by atoms with Crippen molar-refractivity contribution in [2.45, 2.75) is 45.2 Å². The van der Waals surface area contributed by atoms with Gasteiger partial charge in [-0.25, -0.2) is 4.79 Å². The third kappa shape index (κ3) is 6.67. The lowest BCUT2D eigenvalue weighted by molar-refractivity contribution is -0.122. The molecule has 1 aromatic carbocycles. The summed E-state index contributed by atoms with van der Waals surface area (Å²) in [7, 11) is 1.65. The molecule has 1 aliphatic heterocycles. The first-order valence-electron chi connectivity index (χ1n) is 9.52. The lowest BCUT2D eigenvalue weighted by atomic mass is 9.97. The summed E-state index contributed by atoms with van der Waals surface area (Å²) >= 11 is 0. The summed E-state index contributed by atoms with van der Waals surface area (Å²) in [6, 6.07) is 10.2. The number of hydrogen-bond acceptors (Lipinski definition) is 3. The van der Waals surface area contributed by atoms with E-state index in [2.05, 4.69) is 46.8 Å². The standard InChI is InChI=1S/C20H32N4O2/c1-15(2)13-18(16-7-5-4-6-8-16)23-20(26)22-17-9-11-24(12-10-17)14-19(25)21-3/h4-8,15,17-18H,9-14H2,1-3H3,(H,21,25)(H2,22,23,26). The highest BCUT2D eigenvalue weighted by molar-refractivity contribution is 5.77. The predicted molar refractivity (Wildman–Crippen MR) is 104 cm³/mol. The number of amides is 3.